The fraction of sp³-hybridized carbons (Fsp3) is 0.321. The Labute approximate surface area is 195 Å². The Hall–Kier alpha value is -3.02. The van der Waals surface area contributed by atoms with Crippen LogP contribution in [0.2, 0.25) is 0 Å². The molecule has 0 unspecified atom stereocenters. The number of halogens is 1. The lowest BCUT2D eigenvalue weighted by molar-refractivity contribution is -0.118. The van der Waals surface area contributed by atoms with Crippen LogP contribution in [0.15, 0.2) is 66.7 Å². The van der Waals surface area contributed by atoms with Gasteiger partial charge in [-0.25, -0.2) is 4.39 Å². The summed E-state index contributed by atoms with van der Waals surface area (Å²) in [5.41, 5.74) is 5.19. The highest BCUT2D eigenvalue weighted by Crippen LogP contribution is 2.33. The zero-order valence-corrected chi connectivity index (χ0v) is 19.3. The number of aryl methyl sites for hydroxylation is 2. The molecule has 4 rings (SSSR count). The Bertz CT molecular complexity index is 1080. The zero-order chi connectivity index (χ0) is 23.4. The van der Waals surface area contributed by atoms with Gasteiger partial charge in [0, 0.05) is 18.8 Å². The maximum atomic E-state index is 13.1. The van der Waals surface area contributed by atoms with Crippen molar-refractivity contribution in [2.45, 2.75) is 38.7 Å². The summed E-state index contributed by atoms with van der Waals surface area (Å²) in [7, 11) is 0. The highest BCUT2D eigenvalue weighted by Gasteiger charge is 2.34. The number of carbonyl (C=O) groups excluding carboxylic acids is 1. The number of likely N-dealkylation sites (tertiary alicyclic amines) is 1. The molecule has 0 saturated carbocycles. The van der Waals surface area contributed by atoms with Gasteiger partial charge >= 0.3 is 0 Å². The van der Waals surface area contributed by atoms with Gasteiger partial charge in [0.2, 0.25) is 5.91 Å². The number of hydrogen-bond acceptors (Lipinski definition) is 3. The van der Waals surface area contributed by atoms with E-state index in [-0.39, 0.29) is 11.7 Å². The van der Waals surface area contributed by atoms with Crippen LogP contribution in [-0.2, 0) is 16.8 Å². The minimum absolute atomic E-state index is 0.0250. The Kier molecular flexibility index (Phi) is 6.91. The SMILES string of the molecule is Cc1cccc(C)c1NC(=O)CN1CCC(O)(c2ccc(Cc3ccc(F)cc3)cc2)CC1. The van der Waals surface area contributed by atoms with E-state index in [1.807, 2.05) is 56.3 Å². The molecule has 1 aliphatic rings. The third-order valence-electron chi connectivity index (χ3n) is 6.61. The number of nitrogens with zero attached hydrogens (tertiary/aromatic N) is 1. The molecule has 1 aliphatic heterocycles. The van der Waals surface area contributed by atoms with Crippen molar-refractivity contribution in [1.82, 2.24) is 4.90 Å². The lowest BCUT2D eigenvalue weighted by atomic mass is 9.84. The van der Waals surface area contributed by atoms with Crippen molar-refractivity contribution in [3.63, 3.8) is 0 Å². The summed E-state index contributed by atoms with van der Waals surface area (Å²) in [6.07, 6.45) is 1.89. The van der Waals surface area contributed by atoms with Crippen LogP contribution >= 0.6 is 0 Å². The molecule has 33 heavy (non-hydrogen) atoms. The monoisotopic (exact) mass is 446 g/mol. The van der Waals surface area contributed by atoms with Gasteiger partial charge in [0.05, 0.1) is 12.1 Å². The van der Waals surface area contributed by atoms with Crippen molar-refractivity contribution in [3.8, 4) is 0 Å². The first-order chi connectivity index (χ1) is 15.8. The van der Waals surface area contributed by atoms with Gasteiger partial charge in [0.25, 0.3) is 0 Å². The van der Waals surface area contributed by atoms with E-state index in [0.29, 0.717) is 32.5 Å². The lowest BCUT2D eigenvalue weighted by Gasteiger charge is -2.38. The number of piperidine rings is 1. The third-order valence-corrected chi connectivity index (χ3v) is 6.61. The molecule has 3 aromatic rings. The van der Waals surface area contributed by atoms with E-state index in [1.54, 1.807) is 12.1 Å². The molecule has 0 radical (unpaired) electrons. The van der Waals surface area contributed by atoms with Crippen LogP contribution in [-0.4, -0.2) is 35.5 Å². The van der Waals surface area contributed by atoms with Gasteiger partial charge in [-0.2, -0.15) is 0 Å². The second kappa shape index (κ2) is 9.86. The molecule has 172 valence electrons. The Morgan fingerprint density at radius 3 is 2.06 bits per heavy atom. The summed E-state index contributed by atoms with van der Waals surface area (Å²) in [6, 6.07) is 20.5. The molecule has 1 amide bonds. The fourth-order valence-corrected chi connectivity index (χ4v) is 4.53. The highest BCUT2D eigenvalue weighted by atomic mass is 19.1. The largest absolute Gasteiger partial charge is 0.385 e. The quantitative estimate of drug-likeness (QED) is 0.563. The van der Waals surface area contributed by atoms with Gasteiger partial charge < -0.3 is 10.4 Å². The van der Waals surface area contributed by atoms with Crippen molar-refractivity contribution in [3.05, 3.63) is 100 Å². The van der Waals surface area contributed by atoms with Gasteiger partial charge in [-0.05, 0) is 73.1 Å². The van der Waals surface area contributed by atoms with E-state index in [0.717, 1.165) is 39.9 Å². The predicted molar refractivity (Wildman–Crippen MR) is 130 cm³/mol. The van der Waals surface area contributed by atoms with Crippen molar-refractivity contribution in [2.24, 2.45) is 0 Å². The molecular formula is C28H31FN2O2. The summed E-state index contributed by atoms with van der Waals surface area (Å²) in [4.78, 5) is 14.7. The second-order valence-electron chi connectivity index (χ2n) is 9.12. The molecule has 0 bridgehead atoms. The van der Waals surface area contributed by atoms with Crippen LogP contribution in [0.1, 0.15) is 40.7 Å². The highest BCUT2D eigenvalue weighted by molar-refractivity contribution is 5.93. The van der Waals surface area contributed by atoms with Gasteiger partial charge in [-0.15, -0.1) is 0 Å². The fourth-order valence-electron chi connectivity index (χ4n) is 4.53. The van der Waals surface area contributed by atoms with Crippen LogP contribution < -0.4 is 5.32 Å². The summed E-state index contributed by atoms with van der Waals surface area (Å²) in [5, 5.41) is 14.3. The molecule has 1 saturated heterocycles. The van der Waals surface area contributed by atoms with Crippen LogP contribution in [0, 0.1) is 19.7 Å². The number of aliphatic hydroxyl groups is 1. The molecular weight excluding hydrogens is 415 g/mol. The number of anilines is 1. The molecule has 0 aliphatic carbocycles. The standard InChI is InChI=1S/C28H31FN2O2/c1-20-4-3-5-21(2)27(20)30-26(32)19-31-16-14-28(33,15-17-31)24-10-6-22(7-11-24)18-23-8-12-25(29)13-9-23/h3-13,33H,14-19H2,1-2H3,(H,30,32). The number of amides is 1. The summed E-state index contributed by atoms with van der Waals surface area (Å²) in [5.74, 6) is -0.256. The second-order valence-corrected chi connectivity index (χ2v) is 9.12. The number of benzene rings is 3. The molecule has 1 fully saturated rings. The molecule has 3 aromatic carbocycles. The van der Waals surface area contributed by atoms with E-state index in [2.05, 4.69) is 10.2 Å². The zero-order valence-electron chi connectivity index (χ0n) is 19.3. The van der Waals surface area contributed by atoms with Gasteiger partial charge in [0.1, 0.15) is 5.82 Å². The maximum Gasteiger partial charge on any atom is 0.238 e. The molecule has 1 heterocycles. The Morgan fingerprint density at radius 2 is 1.48 bits per heavy atom. The van der Waals surface area contributed by atoms with E-state index in [9.17, 15) is 14.3 Å². The van der Waals surface area contributed by atoms with Crippen molar-refractivity contribution in [2.75, 3.05) is 25.0 Å². The topological polar surface area (TPSA) is 52.6 Å². The Balaban J connectivity index is 1.31. The molecule has 4 nitrogen and oxygen atoms in total. The predicted octanol–water partition coefficient (Wildman–Crippen LogP) is 4.96. The van der Waals surface area contributed by atoms with Gasteiger partial charge in [0.15, 0.2) is 0 Å². The first kappa shape index (κ1) is 23.1. The molecule has 2 N–H and O–H groups in total. The first-order valence-corrected chi connectivity index (χ1v) is 11.5. The molecule has 0 spiro atoms. The van der Waals surface area contributed by atoms with Crippen LogP contribution in [0.25, 0.3) is 0 Å². The number of carbonyl (C=O) groups is 1. The first-order valence-electron chi connectivity index (χ1n) is 11.5. The Morgan fingerprint density at radius 1 is 0.939 bits per heavy atom. The van der Waals surface area contributed by atoms with Gasteiger partial charge in [-0.3, -0.25) is 9.69 Å². The van der Waals surface area contributed by atoms with E-state index in [4.69, 9.17) is 0 Å². The normalized spacial score (nSPS) is 15.9. The van der Waals surface area contributed by atoms with Crippen molar-refractivity contribution < 1.29 is 14.3 Å². The average Bonchev–Trinajstić information content (AvgIpc) is 2.80. The van der Waals surface area contributed by atoms with E-state index < -0.39 is 5.60 Å². The van der Waals surface area contributed by atoms with Gasteiger partial charge in [-0.1, -0.05) is 54.6 Å². The van der Waals surface area contributed by atoms with Crippen molar-refractivity contribution in [1.29, 1.82) is 0 Å². The minimum Gasteiger partial charge on any atom is -0.385 e. The summed E-state index contributed by atoms with van der Waals surface area (Å²) in [6.45, 7) is 5.63. The molecule has 5 heteroatoms. The molecule has 0 atom stereocenters. The smallest absolute Gasteiger partial charge is 0.238 e. The number of hydrogen-bond donors (Lipinski definition) is 2. The molecule has 0 aromatic heterocycles. The third kappa shape index (κ3) is 5.67. The summed E-state index contributed by atoms with van der Waals surface area (Å²) >= 11 is 0. The van der Waals surface area contributed by atoms with E-state index in [1.165, 1.54) is 12.1 Å². The number of para-hydroxylation sites is 1. The van der Waals surface area contributed by atoms with E-state index >= 15 is 0 Å². The average molecular weight is 447 g/mol. The number of nitrogens with one attached hydrogen (secondary N) is 1. The maximum absolute atomic E-state index is 13.1. The lowest BCUT2D eigenvalue weighted by Crippen LogP contribution is -2.45. The van der Waals surface area contributed by atoms with Crippen LogP contribution in [0.4, 0.5) is 10.1 Å². The summed E-state index contributed by atoms with van der Waals surface area (Å²) < 4.78 is 13.1. The minimum atomic E-state index is -0.881. The van der Waals surface area contributed by atoms with Crippen LogP contribution in [0.5, 0.6) is 0 Å². The van der Waals surface area contributed by atoms with Crippen molar-refractivity contribution >= 4 is 11.6 Å². The number of rotatable bonds is 6. The van der Waals surface area contributed by atoms with Crippen LogP contribution in [0.3, 0.4) is 0 Å².